The standard InChI is InChI=1S/C14H14O3/c1-8-6-13(16)14(17)7-11(8)10-4-3-5-12(15)9(10)2/h3-7,15-17H,1-2H3. The van der Waals surface area contributed by atoms with Crippen LogP contribution >= 0.6 is 0 Å². The van der Waals surface area contributed by atoms with Gasteiger partial charge in [-0.05, 0) is 54.3 Å². The summed E-state index contributed by atoms with van der Waals surface area (Å²) >= 11 is 0. The van der Waals surface area contributed by atoms with E-state index < -0.39 is 0 Å². The van der Waals surface area contributed by atoms with Crippen LogP contribution in [0.3, 0.4) is 0 Å². The average Bonchev–Trinajstić information content (AvgIpc) is 2.28. The van der Waals surface area contributed by atoms with Crippen molar-refractivity contribution in [1.82, 2.24) is 0 Å². The molecule has 0 aromatic heterocycles. The largest absolute Gasteiger partial charge is 0.508 e. The van der Waals surface area contributed by atoms with Crippen LogP contribution in [0, 0.1) is 13.8 Å². The summed E-state index contributed by atoms with van der Waals surface area (Å²) in [5.74, 6) is -0.0770. The van der Waals surface area contributed by atoms with Crippen molar-refractivity contribution in [2.75, 3.05) is 0 Å². The van der Waals surface area contributed by atoms with Crippen LogP contribution in [0.25, 0.3) is 11.1 Å². The van der Waals surface area contributed by atoms with Gasteiger partial charge in [-0.15, -0.1) is 0 Å². The second kappa shape index (κ2) is 4.01. The molecule has 0 saturated heterocycles. The summed E-state index contributed by atoms with van der Waals surface area (Å²) in [6.45, 7) is 3.66. The normalized spacial score (nSPS) is 10.5. The van der Waals surface area contributed by atoms with Crippen molar-refractivity contribution in [3.8, 4) is 28.4 Å². The molecule has 0 radical (unpaired) electrons. The first-order valence-corrected chi connectivity index (χ1v) is 5.32. The Hall–Kier alpha value is -2.16. The van der Waals surface area contributed by atoms with Gasteiger partial charge in [0.15, 0.2) is 11.5 Å². The maximum atomic E-state index is 9.66. The number of hydrogen-bond donors (Lipinski definition) is 3. The SMILES string of the molecule is Cc1cc(O)c(O)cc1-c1cccc(O)c1C. The Balaban J connectivity index is 2.69. The molecular weight excluding hydrogens is 216 g/mol. The van der Waals surface area contributed by atoms with Crippen LogP contribution in [-0.2, 0) is 0 Å². The molecule has 88 valence electrons. The summed E-state index contributed by atoms with van der Waals surface area (Å²) in [6, 6.07) is 8.25. The van der Waals surface area contributed by atoms with Gasteiger partial charge in [0.2, 0.25) is 0 Å². The molecule has 0 aliphatic rings. The fraction of sp³-hybridized carbons (Fsp3) is 0.143. The van der Waals surface area contributed by atoms with Gasteiger partial charge in [0.1, 0.15) is 5.75 Å². The Labute approximate surface area is 99.6 Å². The molecule has 0 atom stereocenters. The van der Waals surface area contributed by atoms with Crippen LogP contribution in [0.5, 0.6) is 17.2 Å². The van der Waals surface area contributed by atoms with Gasteiger partial charge >= 0.3 is 0 Å². The summed E-state index contributed by atoms with van der Waals surface area (Å²) in [5, 5.41) is 28.6. The molecule has 0 aliphatic heterocycles. The van der Waals surface area contributed by atoms with Crippen molar-refractivity contribution in [3.05, 3.63) is 41.5 Å². The molecule has 0 spiro atoms. The molecule has 0 amide bonds. The number of aryl methyl sites for hydroxylation is 1. The first-order valence-electron chi connectivity index (χ1n) is 5.32. The lowest BCUT2D eigenvalue weighted by atomic mass is 9.95. The smallest absolute Gasteiger partial charge is 0.158 e. The third kappa shape index (κ3) is 1.91. The quantitative estimate of drug-likeness (QED) is 0.660. The highest BCUT2D eigenvalue weighted by molar-refractivity contribution is 5.74. The minimum Gasteiger partial charge on any atom is -0.508 e. The molecule has 0 fully saturated rings. The highest BCUT2D eigenvalue weighted by Crippen LogP contribution is 2.36. The van der Waals surface area contributed by atoms with Gasteiger partial charge in [0.05, 0.1) is 0 Å². The molecule has 3 N–H and O–H groups in total. The second-order valence-corrected chi connectivity index (χ2v) is 4.11. The maximum Gasteiger partial charge on any atom is 0.158 e. The molecular formula is C14H14O3. The minimum atomic E-state index is -0.159. The van der Waals surface area contributed by atoms with Crippen LogP contribution in [0.1, 0.15) is 11.1 Å². The number of phenols is 3. The molecule has 0 heterocycles. The Kier molecular flexibility index (Phi) is 2.68. The number of benzene rings is 2. The lowest BCUT2D eigenvalue weighted by Crippen LogP contribution is -1.87. The van der Waals surface area contributed by atoms with Crippen LogP contribution < -0.4 is 0 Å². The van der Waals surface area contributed by atoms with E-state index in [1.54, 1.807) is 12.1 Å². The van der Waals surface area contributed by atoms with E-state index >= 15 is 0 Å². The molecule has 2 rings (SSSR count). The number of hydrogen-bond acceptors (Lipinski definition) is 3. The fourth-order valence-corrected chi connectivity index (χ4v) is 1.89. The zero-order valence-electron chi connectivity index (χ0n) is 9.73. The highest BCUT2D eigenvalue weighted by Gasteiger charge is 2.11. The number of aromatic hydroxyl groups is 3. The predicted octanol–water partition coefficient (Wildman–Crippen LogP) is 3.09. The lowest BCUT2D eigenvalue weighted by molar-refractivity contribution is 0.403. The highest BCUT2D eigenvalue weighted by atomic mass is 16.3. The van der Waals surface area contributed by atoms with Crippen LogP contribution in [0.4, 0.5) is 0 Å². The van der Waals surface area contributed by atoms with E-state index in [-0.39, 0.29) is 17.2 Å². The lowest BCUT2D eigenvalue weighted by Gasteiger charge is -2.11. The van der Waals surface area contributed by atoms with Gasteiger partial charge in [-0.2, -0.15) is 0 Å². The number of phenolic OH excluding ortho intramolecular Hbond substituents is 3. The van der Waals surface area contributed by atoms with Gasteiger partial charge in [0.25, 0.3) is 0 Å². The van der Waals surface area contributed by atoms with E-state index in [2.05, 4.69) is 0 Å². The molecule has 2 aromatic rings. The van der Waals surface area contributed by atoms with Crippen molar-refractivity contribution in [3.63, 3.8) is 0 Å². The molecule has 2 aromatic carbocycles. The summed E-state index contributed by atoms with van der Waals surface area (Å²) in [4.78, 5) is 0. The topological polar surface area (TPSA) is 60.7 Å². The maximum absolute atomic E-state index is 9.66. The Morgan fingerprint density at radius 2 is 1.41 bits per heavy atom. The molecule has 17 heavy (non-hydrogen) atoms. The summed E-state index contributed by atoms with van der Waals surface area (Å²) in [6.07, 6.45) is 0. The van der Waals surface area contributed by atoms with Gasteiger partial charge in [0, 0.05) is 0 Å². The third-order valence-electron chi connectivity index (χ3n) is 2.92. The Bertz CT molecular complexity index is 574. The van der Waals surface area contributed by atoms with Crippen molar-refractivity contribution in [2.45, 2.75) is 13.8 Å². The van der Waals surface area contributed by atoms with Crippen molar-refractivity contribution in [2.24, 2.45) is 0 Å². The van der Waals surface area contributed by atoms with Crippen molar-refractivity contribution in [1.29, 1.82) is 0 Å². The zero-order chi connectivity index (χ0) is 12.6. The summed E-state index contributed by atoms with van der Waals surface area (Å²) < 4.78 is 0. The summed E-state index contributed by atoms with van der Waals surface area (Å²) in [7, 11) is 0. The minimum absolute atomic E-state index is 0.135. The van der Waals surface area contributed by atoms with Gasteiger partial charge in [-0.3, -0.25) is 0 Å². The fourth-order valence-electron chi connectivity index (χ4n) is 1.89. The van der Waals surface area contributed by atoms with Gasteiger partial charge < -0.3 is 15.3 Å². The Morgan fingerprint density at radius 3 is 2.12 bits per heavy atom. The molecule has 0 bridgehead atoms. The van der Waals surface area contributed by atoms with Crippen molar-refractivity contribution >= 4 is 0 Å². The molecule has 3 heteroatoms. The van der Waals surface area contributed by atoms with E-state index in [1.807, 2.05) is 19.9 Å². The monoisotopic (exact) mass is 230 g/mol. The molecule has 0 unspecified atom stereocenters. The van der Waals surface area contributed by atoms with E-state index in [0.717, 1.165) is 22.3 Å². The zero-order valence-corrected chi connectivity index (χ0v) is 9.73. The first kappa shape index (κ1) is 11.3. The third-order valence-corrected chi connectivity index (χ3v) is 2.92. The molecule has 3 nitrogen and oxygen atoms in total. The predicted molar refractivity (Wildman–Crippen MR) is 66.3 cm³/mol. The van der Waals surface area contributed by atoms with E-state index in [9.17, 15) is 15.3 Å². The second-order valence-electron chi connectivity index (χ2n) is 4.11. The van der Waals surface area contributed by atoms with Gasteiger partial charge in [-0.1, -0.05) is 12.1 Å². The first-order chi connectivity index (χ1) is 8.00. The molecule has 0 aliphatic carbocycles. The van der Waals surface area contributed by atoms with Crippen LogP contribution in [0.2, 0.25) is 0 Å². The van der Waals surface area contributed by atoms with Gasteiger partial charge in [-0.25, -0.2) is 0 Å². The number of rotatable bonds is 1. The van der Waals surface area contributed by atoms with E-state index in [0.29, 0.717) is 0 Å². The van der Waals surface area contributed by atoms with E-state index in [1.165, 1.54) is 12.1 Å². The molecule has 0 saturated carbocycles. The van der Waals surface area contributed by atoms with Crippen molar-refractivity contribution < 1.29 is 15.3 Å². The summed E-state index contributed by atoms with van der Waals surface area (Å²) in [5.41, 5.74) is 3.24. The average molecular weight is 230 g/mol. The van der Waals surface area contributed by atoms with E-state index in [4.69, 9.17) is 0 Å². The Morgan fingerprint density at radius 1 is 0.765 bits per heavy atom. The van der Waals surface area contributed by atoms with Crippen LogP contribution in [-0.4, -0.2) is 15.3 Å². The van der Waals surface area contributed by atoms with Crippen LogP contribution in [0.15, 0.2) is 30.3 Å².